The largest absolute Gasteiger partial charge is 0.317 e. The standard InChI is InChI=1S/C33H36.C12H14.C7H10.C2H6.CH3N/c1-2-27-18-20-28(21-19-27)12-7-4-3-5-8-13-29-22-24-31(25-23-29)33-17-11-16-32(26-33)30-14-9-6-10-15-30;1-9-4-5-11-10(8-9)6-7-12(11,2)3;1-7-5-3-2-4-6-7;2*1-2/h6,9-11,14-26H,2-5,7-8,12-13H2,1H3;4-8H,1-3H3;3,5-6H,2,4H2,1H3;1-2H3;2H,1H2. The predicted molar refractivity (Wildman–Crippen MR) is 250 cm³/mol. The summed E-state index contributed by atoms with van der Waals surface area (Å²) in [5.74, 6) is 0. The van der Waals surface area contributed by atoms with E-state index in [0.29, 0.717) is 0 Å². The fourth-order valence-corrected chi connectivity index (χ4v) is 7.04. The van der Waals surface area contributed by atoms with Gasteiger partial charge in [-0.15, -0.1) is 0 Å². The number of allylic oxidation sites excluding steroid dienone is 5. The number of aryl methyl sites for hydroxylation is 4. The van der Waals surface area contributed by atoms with E-state index in [-0.39, 0.29) is 5.41 Å². The minimum absolute atomic E-state index is 0.239. The van der Waals surface area contributed by atoms with Gasteiger partial charge in [-0.2, -0.15) is 0 Å². The van der Waals surface area contributed by atoms with Crippen molar-refractivity contribution in [2.45, 2.75) is 118 Å². The van der Waals surface area contributed by atoms with Gasteiger partial charge in [-0.05, 0) is 122 Å². The quantitative estimate of drug-likeness (QED) is 0.103. The fraction of sp³-hybridized carbons (Fsp3) is 0.327. The van der Waals surface area contributed by atoms with E-state index in [1.807, 2.05) is 13.8 Å². The molecule has 56 heavy (non-hydrogen) atoms. The van der Waals surface area contributed by atoms with Gasteiger partial charge in [0.05, 0.1) is 0 Å². The molecule has 0 atom stereocenters. The topological polar surface area (TPSA) is 23.9 Å². The summed E-state index contributed by atoms with van der Waals surface area (Å²) in [6.45, 7) is 17.5. The lowest BCUT2D eigenvalue weighted by molar-refractivity contribution is 0.613. The molecule has 2 aliphatic rings. The van der Waals surface area contributed by atoms with Crippen LogP contribution >= 0.6 is 0 Å². The van der Waals surface area contributed by atoms with Crippen LogP contribution in [0.5, 0.6) is 0 Å². The van der Waals surface area contributed by atoms with Gasteiger partial charge in [0.1, 0.15) is 0 Å². The Kier molecular flexibility index (Phi) is 20.4. The lowest BCUT2D eigenvalue weighted by Crippen LogP contribution is -2.10. The van der Waals surface area contributed by atoms with Crippen molar-refractivity contribution >= 4 is 12.8 Å². The van der Waals surface area contributed by atoms with Crippen LogP contribution in [0.3, 0.4) is 0 Å². The molecular formula is C55H69N. The van der Waals surface area contributed by atoms with Gasteiger partial charge in [0.25, 0.3) is 0 Å². The summed E-state index contributed by atoms with van der Waals surface area (Å²) in [4.78, 5) is 0. The molecule has 0 amide bonds. The maximum Gasteiger partial charge on any atom is 0.00845 e. The van der Waals surface area contributed by atoms with Crippen LogP contribution in [-0.2, 0) is 24.7 Å². The van der Waals surface area contributed by atoms with Crippen LogP contribution in [-0.4, -0.2) is 6.72 Å². The highest BCUT2D eigenvalue weighted by atomic mass is 14.3. The summed E-state index contributed by atoms with van der Waals surface area (Å²) in [5.41, 5.74) is 15.3. The van der Waals surface area contributed by atoms with E-state index >= 15 is 0 Å². The summed E-state index contributed by atoms with van der Waals surface area (Å²) >= 11 is 0. The van der Waals surface area contributed by atoms with Gasteiger partial charge in [0.2, 0.25) is 0 Å². The molecule has 0 radical (unpaired) electrons. The number of benzene rings is 5. The molecule has 5 aromatic carbocycles. The average Bonchev–Trinajstić information content (AvgIpc) is 3.56. The third-order valence-corrected chi connectivity index (χ3v) is 10.4. The van der Waals surface area contributed by atoms with E-state index in [2.05, 4.69) is 193 Å². The molecule has 0 fully saturated rings. The van der Waals surface area contributed by atoms with E-state index in [4.69, 9.17) is 5.41 Å². The molecule has 0 saturated carbocycles. The van der Waals surface area contributed by atoms with Crippen molar-refractivity contribution in [1.82, 2.24) is 0 Å². The SMILES string of the molecule is C=N.CC.CC1=CCCC=C1.CCc1ccc(CCCCCCCc2ccc(-c3cccc(-c4ccccc4)c3)cc2)cc1.Cc1ccc2c(c1)C=CC2(C)C. The monoisotopic (exact) mass is 744 g/mol. The maximum absolute atomic E-state index is 5.50. The summed E-state index contributed by atoms with van der Waals surface area (Å²) in [6, 6.07) is 44.5. The lowest BCUT2D eigenvalue weighted by Gasteiger charge is -2.17. The molecule has 1 heteroatoms. The molecule has 5 aromatic rings. The zero-order valence-electron chi connectivity index (χ0n) is 35.7. The molecule has 0 saturated heterocycles. The average molecular weight is 744 g/mol. The van der Waals surface area contributed by atoms with Crippen LogP contribution < -0.4 is 0 Å². The summed E-state index contributed by atoms with van der Waals surface area (Å²) in [6.07, 6.45) is 23.8. The first-order valence-electron chi connectivity index (χ1n) is 21.1. The lowest BCUT2D eigenvalue weighted by atomic mass is 9.87. The second-order valence-corrected chi connectivity index (χ2v) is 15.2. The Bertz CT molecular complexity index is 1920. The number of hydrogen-bond acceptors (Lipinski definition) is 1. The van der Waals surface area contributed by atoms with Gasteiger partial charge >= 0.3 is 0 Å². The molecule has 1 N–H and O–H groups in total. The zero-order valence-corrected chi connectivity index (χ0v) is 35.7. The highest BCUT2D eigenvalue weighted by Crippen LogP contribution is 2.35. The van der Waals surface area contributed by atoms with Crippen LogP contribution in [0.2, 0.25) is 0 Å². The Labute approximate surface area is 341 Å². The Hall–Kier alpha value is -5.01. The normalized spacial score (nSPS) is 12.9. The number of hydrogen-bond donors (Lipinski definition) is 1. The number of rotatable bonds is 11. The molecule has 0 unspecified atom stereocenters. The van der Waals surface area contributed by atoms with Crippen molar-refractivity contribution in [2.24, 2.45) is 0 Å². The summed E-state index contributed by atoms with van der Waals surface area (Å²) < 4.78 is 0. The van der Waals surface area contributed by atoms with Gasteiger partial charge in [-0.3, -0.25) is 0 Å². The van der Waals surface area contributed by atoms with Crippen LogP contribution in [0.15, 0.2) is 151 Å². The molecule has 294 valence electrons. The Morgan fingerprint density at radius 2 is 1.09 bits per heavy atom. The molecule has 2 aliphatic carbocycles. The molecule has 1 nitrogen and oxygen atoms in total. The maximum atomic E-state index is 5.50. The first-order valence-corrected chi connectivity index (χ1v) is 21.1. The second-order valence-electron chi connectivity index (χ2n) is 15.2. The predicted octanol–water partition coefficient (Wildman–Crippen LogP) is 16.2. The second kappa shape index (κ2) is 25.2. The molecule has 0 heterocycles. The zero-order chi connectivity index (χ0) is 40.6. The fourth-order valence-electron chi connectivity index (χ4n) is 7.04. The van der Waals surface area contributed by atoms with Crippen LogP contribution in [0.1, 0.15) is 120 Å². The summed E-state index contributed by atoms with van der Waals surface area (Å²) in [5, 5.41) is 5.50. The van der Waals surface area contributed by atoms with Crippen LogP contribution in [0.25, 0.3) is 28.3 Å². The van der Waals surface area contributed by atoms with E-state index in [9.17, 15) is 0 Å². The van der Waals surface area contributed by atoms with Crippen molar-refractivity contribution in [2.75, 3.05) is 0 Å². The van der Waals surface area contributed by atoms with Crippen molar-refractivity contribution < 1.29 is 0 Å². The molecule has 0 spiro atoms. The Balaban J connectivity index is 0.000000296. The highest BCUT2D eigenvalue weighted by Gasteiger charge is 2.23. The molecule has 0 bridgehead atoms. The van der Waals surface area contributed by atoms with Crippen molar-refractivity contribution in [3.05, 3.63) is 185 Å². The molecule has 0 aliphatic heterocycles. The molecule has 7 rings (SSSR count). The van der Waals surface area contributed by atoms with Gasteiger partial charge in [-0.1, -0.05) is 211 Å². The van der Waals surface area contributed by atoms with Gasteiger partial charge < -0.3 is 5.41 Å². The van der Waals surface area contributed by atoms with Crippen molar-refractivity contribution in [1.29, 1.82) is 5.41 Å². The van der Waals surface area contributed by atoms with E-state index in [1.165, 1.54) is 119 Å². The minimum Gasteiger partial charge on any atom is -0.317 e. The Morgan fingerprint density at radius 3 is 1.62 bits per heavy atom. The van der Waals surface area contributed by atoms with Crippen LogP contribution in [0, 0.1) is 12.3 Å². The van der Waals surface area contributed by atoms with E-state index in [0.717, 1.165) is 6.42 Å². The van der Waals surface area contributed by atoms with Crippen molar-refractivity contribution in [3.63, 3.8) is 0 Å². The van der Waals surface area contributed by atoms with Gasteiger partial charge in [0, 0.05) is 5.41 Å². The first kappa shape index (κ1) is 45.4. The first-order chi connectivity index (χ1) is 27.3. The summed E-state index contributed by atoms with van der Waals surface area (Å²) in [7, 11) is 0. The third kappa shape index (κ3) is 15.3. The number of fused-ring (bicyclic) bond motifs is 1. The van der Waals surface area contributed by atoms with E-state index < -0.39 is 0 Å². The van der Waals surface area contributed by atoms with Crippen LogP contribution in [0.4, 0.5) is 0 Å². The van der Waals surface area contributed by atoms with E-state index in [1.54, 1.807) is 0 Å². The number of nitrogens with one attached hydrogen (secondary N) is 1. The third-order valence-electron chi connectivity index (χ3n) is 10.4. The van der Waals surface area contributed by atoms with Gasteiger partial charge in [0.15, 0.2) is 0 Å². The highest BCUT2D eigenvalue weighted by molar-refractivity contribution is 5.73. The minimum atomic E-state index is 0.239. The number of unbranched alkanes of at least 4 members (excludes halogenated alkanes) is 4. The van der Waals surface area contributed by atoms with Crippen molar-refractivity contribution in [3.8, 4) is 22.3 Å². The Morgan fingerprint density at radius 1 is 0.554 bits per heavy atom. The molecule has 0 aromatic heterocycles. The smallest absolute Gasteiger partial charge is 0.00845 e. The van der Waals surface area contributed by atoms with Gasteiger partial charge in [-0.25, -0.2) is 0 Å². The molecular weight excluding hydrogens is 675 g/mol.